The molecule has 8 heteroatoms. The number of carbonyl (C=O) groups excluding carboxylic acids is 2. The standard InChI is InChI=1S/C21H23FN4O3/c1-14(24-20(28)13-29-2)21-25-17-5-3-4-6-18(17)26(21)12-19(27)23-11-15-7-9-16(22)10-8-15/h3-10,14H,11-13H2,1-2H3,(H,23,27)(H,24,28). The van der Waals surface area contributed by atoms with Crippen LogP contribution in [0.1, 0.15) is 24.4 Å². The lowest BCUT2D eigenvalue weighted by Crippen LogP contribution is -2.33. The number of carbonyl (C=O) groups is 2. The lowest BCUT2D eigenvalue weighted by Gasteiger charge is -2.16. The van der Waals surface area contributed by atoms with Gasteiger partial charge in [-0.3, -0.25) is 9.59 Å². The van der Waals surface area contributed by atoms with Crippen LogP contribution in [0.5, 0.6) is 0 Å². The van der Waals surface area contributed by atoms with E-state index in [1.807, 2.05) is 31.2 Å². The van der Waals surface area contributed by atoms with Crippen molar-refractivity contribution < 1.29 is 18.7 Å². The highest BCUT2D eigenvalue weighted by Crippen LogP contribution is 2.20. The Morgan fingerprint density at radius 2 is 1.86 bits per heavy atom. The van der Waals surface area contributed by atoms with E-state index in [4.69, 9.17) is 4.74 Å². The highest BCUT2D eigenvalue weighted by Gasteiger charge is 2.20. The molecule has 0 radical (unpaired) electrons. The smallest absolute Gasteiger partial charge is 0.246 e. The molecule has 152 valence electrons. The van der Waals surface area contributed by atoms with Gasteiger partial charge in [-0.25, -0.2) is 9.37 Å². The maximum Gasteiger partial charge on any atom is 0.246 e. The van der Waals surface area contributed by atoms with Gasteiger partial charge in [0.25, 0.3) is 0 Å². The number of para-hydroxylation sites is 2. The van der Waals surface area contributed by atoms with Crippen LogP contribution in [-0.4, -0.2) is 35.1 Å². The largest absolute Gasteiger partial charge is 0.375 e. The van der Waals surface area contributed by atoms with Crippen molar-refractivity contribution >= 4 is 22.8 Å². The molecule has 0 aliphatic heterocycles. The lowest BCUT2D eigenvalue weighted by atomic mass is 10.2. The first-order valence-corrected chi connectivity index (χ1v) is 9.22. The summed E-state index contributed by atoms with van der Waals surface area (Å²) in [5.74, 6) is -0.222. The van der Waals surface area contributed by atoms with Crippen LogP contribution in [0.4, 0.5) is 4.39 Å². The molecule has 1 atom stereocenters. The highest BCUT2D eigenvalue weighted by atomic mass is 19.1. The third kappa shape index (κ3) is 5.17. The number of amides is 2. The molecule has 29 heavy (non-hydrogen) atoms. The number of hydrogen-bond donors (Lipinski definition) is 2. The predicted octanol–water partition coefficient (Wildman–Crippen LogP) is 2.32. The van der Waals surface area contributed by atoms with Crippen molar-refractivity contribution in [1.82, 2.24) is 20.2 Å². The summed E-state index contributed by atoms with van der Waals surface area (Å²) in [4.78, 5) is 29.0. The Kier molecular flexibility index (Phi) is 6.56. The Morgan fingerprint density at radius 3 is 2.59 bits per heavy atom. The molecule has 3 rings (SSSR count). The van der Waals surface area contributed by atoms with E-state index in [0.29, 0.717) is 12.4 Å². The molecule has 0 bridgehead atoms. The SMILES string of the molecule is COCC(=O)NC(C)c1nc2ccccc2n1CC(=O)NCc1ccc(F)cc1. The molecule has 2 amide bonds. The van der Waals surface area contributed by atoms with Gasteiger partial charge in [0.15, 0.2) is 0 Å². The Morgan fingerprint density at radius 1 is 1.14 bits per heavy atom. The molecule has 2 N–H and O–H groups in total. The van der Waals surface area contributed by atoms with Crippen molar-refractivity contribution in [2.45, 2.75) is 26.1 Å². The van der Waals surface area contributed by atoms with Crippen LogP contribution in [-0.2, 0) is 27.4 Å². The maximum atomic E-state index is 13.0. The van der Waals surface area contributed by atoms with E-state index < -0.39 is 6.04 Å². The lowest BCUT2D eigenvalue weighted by molar-refractivity contribution is -0.125. The molecule has 0 saturated heterocycles. The second kappa shape index (κ2) is 9.29. The molecule has 0 spiro atoms. The van der Waals surface area contributed by atoms with E-state index in [1.165, 1.54) is 19.2 Å². The number of fused-ring (bicyclic) bond motifs is 1. The van der Waals surface area contributed by atoms with Gasteiger partial charge in [0, 0.05) is 13.7 Å². The molecule has 2 aromatic carbocycles. The summed E-state index contributed by atoms with van der Waals surface area (Å²) < 4.78 is 19.6. The van der Waals surface area contributed by atoms with Crippen LogP contribution in [0.3, 0.4) is 0 Å². The minimum absolute atomic E-state index is 0.0432. The predicted molar refractivity (Wildman–Crippen MR) is 106 cm³/mol. The zero-order valence-corrected chi connectivity index (χ0v) is 16.3. The second-order valence-electron chi connectivity index (χ2n) is 6.67. The molecular formula is C21H23FN4O3. The van der Waals surface area contributed by atoms with Gasteiger partial charge in [-0.2, -0.15) is 0 Å². The Balaban J connectivity index is 1.76. The molecule has 0 aliphatic rings. The molecule has 3 aromatic rings. The topological polar surface area (TPSA) is 85.2 Å². The Labute approximate surface area is 167 Å². The summed E-state index contributed by atoms with van der Waals surface area (Å²) in [5.41, 5.74) is 2.34. The first-order chi connectivity index (χ1) is 14.0. The van der Waals surface area contributed by atoms with E-state index in [1.54, 1.807) is 16.7 Å². The van der Waals surface area contributed by atoms with E-state index in [2.05, 4.69) is 15.6 Å². The zero-order valence-electron chi connectivity index (χ0n) is 16.3. The highest BCUT2D eigenvalue weighted by molar-refractivity contribution is 5.82. The van der Waals surface area contributed by atoms with Gasteiger partial charge in [0.1, 0.15) is 24.8 Å². The molecule has 1 heterocycles. The van der Waals surface area contributed by atoms with E-state index in [0.717, 1.165) is 16.6 Å². The zero-order chi connectivity index (χ0) is 20.8. The van der Waals surface area contributed by atoms with Crippen LogP contribution in [0.25, 0.3) is 11.0 Å². The number of nitrogens with zero attached hydrogens (tertiary/aromatic N) is 2. The summed E-state index contributed by atoms with van der Waals surface area (Å²) in [6.07, 6.45) is 0. The van der Waals surface area contributed by atoms with Gasteiger partial charge in [-0.05, 0) is 36.8 Å². The number of ether oxygens (including phenoxy) is 1. The minimum atomic E-state index is -0.407. The number of halogens is 1. The van der Waals surface area contributed by atoms with E-state index >= 15 is 0 Å². The third-order valence-electron chi connectivity index (χ3n) is 4.43. The molecule has 0 saturated carbocycles. The minimum Gasteiger partial charge on any atom is -0.375 e. The average molecular weight is 398 g/mol. The maximum absolute atomic E-state index is 13.0. The first kappa shape index (κ1) is 20.5. The van der Waals surface area contributed by atoms with Gasteiger partial charge >= 0.3 is 0 Å². The van der Waals surface area contributed by atoms with Crippen LogP contribution in [0, 0.1) is 5.82 Å². The van der Waals surface area contributed by atoms with Gasteiger partial charge in [-0.1, -0.05) is 24.3 Å². The van der Waals surface area contributed by atoms with Crippen molar-refractivity contribution in [1.29, 1.82) is 0 Å². The number of nitrogens with one attached hydrogen (secondary N) is 2. The summed E-state index contributed by atoms with van der Waals surface area (Å²) >= 11 is 0. The molecule has 1 unspecified atom stereocenters. The van der Waals surface area contributed by atoms with Crippen molar-refractivity contribution in [3.8, 4) is 0 Å². The summed E-state index contributed by atoms with van der Waals surface area (Å²) in [7, 11) is 1.45. The summed E-state index contributed by atoms with van der Waals surface area (Å²) in [6.45, 7) is 2.09. The number of hydrogen-bond acceptors (Lipinski definition) is 4. The quantitative estimate of drug-likeness (QED) is 0.610. The number of rotatable bonds is 8. The van der Waals surface area contributed by atoms with Gasteiger partial charge in [0.2, 0.25) is 11.8 Å². The number of benzene rings is 2. The van der Waals surface area contributed by atoms with Crippen molar-refractivity contribution in [3.63, 3.8) is 0 Å². The van der Waals surface area contributed by atoms with Crippen LogP contribution in [0.2, 0.25) is 0 Å². The van der Waals surface area contributed by atoms with E-state index in [9.17, 15) is 14.0 Å². The van der Waals surface area contributed by atoms with E-state index in [-0.39, 0.29) is 30.8 Å². The molecular weight excluding hydrogens is 375 g/mol. The molecule has 1 aromatic heterocycles. The Hall–Kier alpha value is -3.26. The van der Waals surface area contributed by atoms with Gasteiger partial charge < -0.3 is 19.9 Å². The van der Waals surface area contributed by atoms with Crippen LogP contribution in [0.15, 0.2) is 48.5 Å². The fourth-order valence-electron chi connectivity index (χ4n) is 3.07. The number of imidazole rings is 1. The van der Waals surface area contributed by atoms with Crippen molar-refractivity contribution in [2.24, 2.45) is 0 Å². The van der Waals surface area contributed by atoms with Gasteiger partial charge in [-0.15, -0.1) is 0 Å². The monoisotopic (exact) mass is 398 g/mol. The third-order valence-corrected chi connectivity index (χ3v) is 4.43. The number of methoxy groups -OCH3 is 1. The molecule has 7 nitrogen and oxygen atoms in total. The fourth-order valence-corrected chi connectivity index (χ4v) is 3.07. The Bertz CT molecular complexity index is 1000. The average Bonchev–Trinajstić information content (AvgIpc) is 3.06. The first-order valence-electron chi connectivity index (χ1n) is 9.22. The summed E-state index contributed by atoms with van der Waals surface area (Å²) in [6, 6.07) is 13.0. The summed E-state index contributed by atoms with van der Waals surface area (Å²) in [5, 5.41) is 5.65. The van der Waals surface area contributed by atoms with Gasteiger partial charge in [0.05, 0.1) is 17.1 Å². The number of aromatic nitrogens is 2. The van der Waals surface area contributed by atoms with Crippen LogP contribution < -0.4 is 10.6 Å². The molecule has 0 aliphatic carbocycles. The normalized spacial score (nSPS) is 12.0. The van der Waals surface area contributed by atoms with Crippen molar-refractivity contribution in [3.05, 3.63) is 65.7 Å². The second-order valence-corrected chi connectivity index (χ2v) is 6.67. The fraction of sp³-hybridized carbons (Fsp3) is 0.286. The molecule has 0 fully saturated rings. The van der Waals surface area contributed by atoms with Crippen LogP contribution >= 0.6 is 0 Å². The van der Waals surface area contributed by atoms with Crippen molar-refractivity contribution in [2.75, 3.05) is 13.7 Å².